The van der Waals surface area contributed by atoms with E-state index in [0.29, 0.717) is 6.42 Å². The molecule has 0 amide bonds. The smallest absolute Gasteiger partial charge is 0.325 e. The lowest BCUT2D eigenvalue weighted by atomic mass is 9.96. The number of carbonyl (C=O) groups is 1. The number of rotatable bonds is 6. The van der Waals surface area contributed by atoms with E-state index >= 15 is 0 Å². The van der Waals surface area contributed by atoms with Gasteiger partial charge in [-0.3, -0.25) is 9.69 Å². The van der Waals surface area contributed by atoms with E-state index < -0.39 is 5.54 Å². The van der Waals surface area contributed by atoms with Gasteiger partial charge in [0.1, 0.15) is 5.54 Å². The molecule has 1 aliphatic rings. The van der Waals surface area contributed by atoms with Gasteiger partial charge in [0.05, 0.1) is 18.8 Å². The summed E-state index contributed by atoms with van der Waals surface area (Å²) in [6.45, 7) is 11.1. The van der Waals surface area contributed by atoms with Crippen LogP contribution in [-0.2, 0) is 14.3 Å². The van der Waals surface area contributed by atoms with Crippen molar-refractivity contribution in [2.75, 3.05) is 26.7 Å². The molecule has 20 heavy (non-hydrogen) atoms. The normalized spacial score (nSPS) is 26.0. The third-order valence-electron chi connectivity index (χ3n) is 3.71. The molecule has 2 unspecified atom stereocenters. The first-order valence-electron chi connectivity index (χ1n) is 7.44. The average Bonchev–Trinajstić information content (AvgIpc) is 2.31. The summed E-state index contributed by atoms with van der Waals surface area (Å²) < 4.78 is 10.6. The van der Waals surface area contributed by atoms with Crippen LogP contribution >= 0.6 is 0 Å². The van der Waals surface area contributed by atoms with E-state index in [9.17, 15) is 4.79 Å². The Hall–Kier alpha value is -0.650. The second kappa shape index (κ2) is 6.87. The molecule has 0 spiro atoms. The molecule has 1 fully saturated rings. The summed E-state index contributed by atoms with van der Waals surface area (Å²) in [6, 6.07) is 0. The molecule has 0 bridgehead atoms. The zero-order valence-corrected chi connectivity index (χ0v) is 13.6. The number of nitrogens with zero attached hydrogens (tertiary/aromatic N) is 1. The predicted octanol–water partition coefficient (Wildman–Crippen LogP) is 1.55. The van der Waals surface area contributed by atoms with Gasteiger partial charge in [-0.15, -0.1) is 0 Å². The van der Waals surface area contributed by atoms with Crippen molar-refractivity contribution in [3.8, 4) is 0 Å². The van der Waals surface area contributed by atoms with E-state index in [-0.39, 0.29) is 17.7 Å². The van der Waals surface area contributed by atoms with Crippen LogP contribution in [0, 0.1) is 0 Å². The molecule has 1 rings (SSSR count). The molecule has 0 aromatic rings. The summed E-state index contributed by atoms with van der Waals surface area (Å²) in [5.41, 5.74) is 5.00. The van der Waals surface area contributed by atoms with Gasteiger partial charge in [0.25, 0.3) is 0 Å². The topological polar surface area (TPSA) is 64.8 Å². The van der Waals surface area contributed by atoms with Crippen LogP contribution in [0.1, 0.15) is 47.0 Å². The number of unbranched alkanes of at least 4 members (excludes halogenated alkanes) is 1. The molecular formula is C15H30N2O3. The van der Waals surface area contributed by atoms with E-state index in [1.807, 2.05) is 0 Å². The quantitative estimate of drug-likeness (QED) is 0.593. The molecule has 1 aliphatic heterocycles. The Kier molecular flexibility index (Phi) is 5.98. The molecule has 2 N–H and O–H groups in total. The van der Waals surface area contributed by atoms with Crippen LogP contribution in [0.4, 0.5) is 0 Å². The van der Waals surface area contributed by atoms with Gasteiger partial charge in [-0.25, -0.2) is 0 Å². The number of hydrogen-bond donors (Lipinski definition) is 1. The van der Waals surface area contributed by atoms with E-state index in [1.165, 1.54) is 7.11 Å². The van der Waals surface area contributed by atoms with Crippen LogP contribution in [-0.4, -0.2) is 54.9 Å². The summed E-state index contributed by atoms with van der Waals surface area (Å²) >= 11 is 0. The van der Waals surface area contributed by atoms with Gasteiger partial charge < -0.3 is 15.2 Å². The van der Waals surface area contributed by atoms with Gasteiger partial charge in [0.2, 0.25) is 0 Å². The Labute approximate surface area is 122 Å². The van der Waals surface area contributed by atoms with Crippen molar-refractivity contribution in [2.24, 2.45) is 5.73 Å². The second-order valence-electron chi connectivity index (χ2n) is 6.79. The standard InChI is InChI=1S/C15H30N2O3/c1-12-10-17(11-14(2,3)20-12)9-7-6-8-15(4,16)13(18)19-5/h12H,6-11,16H2,1-5H3. The van der Waals surface area contributed by atoms with Gasteiger partial charge in [0, 0.05) is 13.1 Å². The summed E-state index contributed by atoms with van der Waals surface area (Å²) in [4.78, 5) is 13.9. The minimum atomic E-state index is -0.869. The van der Waals surface area contributed by atoms with Crippen molar-refractivity contribution < 1.29 is 14.3 Å². The van der Waals surface area contributed by atoms with Gasteiger partial charge in [-0.05, 0) is 53.5 Å². The maximum atomic E-state index is 11.5. The minimum absolute atomic E-state index is 0.0773. The van der Waals surface area contributed by atoms with Crippen LogP contribution in [0.2, 0.25) is 0 Å². The number of morpholine rings is 1. The summed E-state index contributed by atoms with van der Waals surface area (Å²) in [5.74, 6) is -0.335. The third-order valence-corrected chi connectivity index (χ3v) is 3.71. The average molecular weight is 286 g/mol. The zero-order chi connectivity index (χ0) is 15.4. The van der Waals surface area contributed by atoms with Crippen LogP contribution in [0.15, 0.2) is 0 Å². The molecule has 0 aliphatic carbocycles. The Balaban J connectivity index is 2.29. The monoisotopic (exact) mass is 286 g/mol. The molecule has 5 heteroatoms. The lowest BCUT2D eigenvalue weighted by Crippen LogP contribution is -2.52. The predicted molar refractivity (Wildman–Crippen MR) is 79.5 cm³/mol. The van der Waals surface area contributed by atoms with Crippen molar-refractivity contribution >= 4 is 5.97 Å². The first kappa shape index (κ1) is 17.4. The molecule has 1 heterocycles. The molecule has 0 aromatic heterocycles. The fourth-order valence-corrected chi connectivity index (χ4v) is 2.92. The fourth-order valence-electron chi connectivity index (χ4n) is 2.92. The van der Waals surface area contributed by atoms with Gasteiger partial charge in [-0.1, -0.05) is 0 Å². The van der Waals surface area contributed by atoms with E-state index in [0.717, 1.165) is 32.5 Å². The molecule has 0 radical (unpaired) electrons. The molecular weight excluding hydrogens is 256 g/mol. The van der Waals surface area contributed by atoms with Crippen LogP contribution in [0.3, 0.4) is 0 Å². The zero-order valence-electron chi connectivity index (χ0n) is 13.6. The molecule has 2 atom stereocenters. The molecule has 0 aromatic carbocycles. The molecule has 118 valence electrons. The number of carbonyl (C=O) groups excluding carboxylic acids is 1. The number of esters is 1. The Bertz CT molecular complexity index is 329. The van der Waals surface area contributed by atoms with Gasteiger partial charge >= 0.3 is 5.97 Å². The van der Waals surface area contributed by atoms with Crippen LogP contribution in [0.25, 0.3) is 0 Å². The van der Waals surface area contributed by atoms with Crippen molar-refractivity contribution in [3.63, 3.8) is 0 Å². The van der Waals surface area contributed by atoms with Crippen LogP contribution < -0.4 is 5.73 Å². The highest BCUT2D eigenvalue weighted by molar-refractivity contribution is 5.79. The largest absolute Gasteiger partial charge is 0.468 e. The number of ether oxygens (including phenoxy) is 2. The summed E-state index contributed by atoms with van der Waals surface area (Å²) in [5, 5.41) is 0. The SMILES string of the molecule is COC(=O)C(C)(N)CCCCN1CC(C)OC(C)(C)C1. The van der Waals surface area contributed by atoms with Gasteiger partial charge in [0.15, 0.2) is 0 Å². The molecule has 5 nitrogen and oxygen atoms in total. The van der Waals surface area contributed by atoms with Crippen molar-refractivity contribution in [2.45, 2.75) is 64.2 Å². The number of nitrogens with two attached hydrogens (primary N) is 1. The highest BCUT2D eigenvalue weighted by Crippen LogP contribution is 2.21. The Morgan fingerprint density at radius 3 is 2.70 bits per heavy atom. The summed E-state index contributed by atoms with van der Waals surface area (Å²) in [6.07, 6.45) is 2.89. The molecule has 0 saturated carbocycles. The lowest BCUT2D eigenvalue weighted by Gasteiger charge is -2.41. The highest BCUT2D eigenvalue weighted by atomic mass is 16.5. The Morgan fingerprint density at radius 1 is 1.50 bits per heavy atom. The van der Waals surface area contributed by atoms with E-state index in [2.05, 4.69) is 25.7 Å². The second-order valence-corrected chi connectivity index (χ2v) is 6.79. The fraction of sp³-hybridized carbons (Fsp3) is 0.933. The van der Waals surface area contributed by atoms with Crippen molar-refractivity contribution in [1.82, 2.24) is 4.90 Å². The third kappa shape index (κ3) is 5.38. The first-order valence-corrected chi connectivity index (χ1v) is 7.44. The van der Waals surface area contributed by atoms with Gasteiger partial charge in [-0.2, -0.15) is 0 Å². The first-order chi connectivity index (χ1) is 9.16. The lowest BCUT2D eigenvalue weighted by molar-refractivity contribution is -0.146. The Morgan fingerprint density at radius 2 is 2.15 bits per heavy atom. The van der Waals surface area contributed by atoms with Crippen molar-refractivity contribution in [3.05, 3.63) is 0 Å². The maximum Gasteiger partial charge on any atom is 0.325 e. The van der Waals surface area contributed by atoms with E-state index in [1.54, 1.807) is 6.92 Å². The summed E-state index contributed by atoms with van der Waals surface area (Å²) in [7, 11) is 1.38. The maximum absolute atomic E-state index is 11.5. The minimum Gasteiger partial charge on any atom is -0.468 e. The number of methoxy groups -OCH3 is 1. The molecule has 1 saturated heterocycles. The number of hydrogen-bond acceptors (Lipinski definition) is 5. The van der Waals surface area contributed by atoms with Crippen LogP contribution in [0.5, 0.6) is 0 Å². The highest BCUT2D eigenvalue weighted by Gasteiger charge is 2.31. The van der Waals surface area contributed by atoms with E-state index in [4.69, 9.17) is 15.2 Å². The van der Waals surface area contributed by atoms with Crippen molar-refractivity contribution in [1.29, 1.82) is 0 Å².